The predicted octanol–water partition coefficient (Wildman–Crippen LogP) is 2.60. The Kier molecular flexibility index (Phi) is 4.56. The summed E-state index contributed by atoms with van der Waals surface area (Å²) in [5.74, 6) is -0.633. The van der Waals surface area contributed by atoms with E-state index in [0.717, 1.165) is 10.9 Å². The monoisotopic (exact) mass is 341 g/mol. The Labute approximate surface area is 144 Å². The molecule has 1 aromatic heterocycles. The van der Waals surface area contributed by atoms with Crippen LogP contribution >= 0.6 is 0 Å². The number of hydrogen-bond acceptors (Lipinski definition) is 5. The zero-order valence-electron chi connectivity index (χ0n) is 14.3. The molecule has 7 nitrogen and oxygen atoms in total. The van der Waals surface area contributed by atoms with Crippen LogP contribution in [0.4, 0.5) is 0 Å². The van der Waals surface area contributed by atoms with Crippen LogP contribution < -0.4 is 5.43 Å². The maximum atomic E-state index is 12.4. The standard InChI is InChI=1S/C18H19N3O4/c1-4-24-18(23)15-11-7-5-6-8-13(11)19-14(15)9-12-16(22)20-21-17(12)25-10(2)3/h5-10,19H,4H2,1-3H3,(H,20,22)/b12-9+. The molecule has 130 valence electrons. The van der Waals surface area contributed by atoms with Crippen molar-refractivity contribution in [2.75, 3.05) is 6.61 Å². The van der Waals surface area contributed by atoms with Crippen LogP contribution in [0.25, 0.3) is 17.0 Å². The fraction of sp³-hybridized carbons (Fsp3) is 0.278. The zero-order chi connectivity index (χ0) is 18.0. The van der Waals surface area contributed by atoms with E-state index in [1.54, 1.807) is 13.0 Å². The van der Waals surface area contributed by atoms with Crippen LogP contribution in [0.1, 0.15) is 36.8 Å². The highest BCUT2D eigenvalue weighted by atomic mass is 16.5. The number of nitrogens with one attached hydrogen (secondary N) is 2. The van der Waals surface area contributed by atoms with E-state index in [1.165, 1.54) is 0 Å². The number of fused-ring (bicyclic) bond motifs is 1. The van der Waals surface area contributed by atoms with Crippen molar-refractivity contribution < 1.29 is 19.1 Å². The number of hydrogen-bond donors (Lipinski definition) is 2. The molecule has 0 spiro atoms. The number of H-pyrrole nitrogens is 1. The Morgan fingerprint density at radius 3 is 2.80 bits per heavy atom. The first-order valence-electron chi connectivity index (χ1n) is 8.05. The van der Waals surface area contributed by atoms with Gasteiger partial charge in [-0.25, -0.2) is 10.2 Å². The molecule has 0 radical (unpaired) electrons. The number of aromatic amines is 1. The van der Waals surface area contributed by atoms with E-state index in [2.05, 4.69) is 15.5 Å². The molecule has 1 aliphatic heterocycles. The largest absolute Gasteiger partial charge is 0.473 e. The third-order valence-corrected chi connectivity index (χ3v) is 3.58. The molecular weight excluding hydrogens is 322 g/mol. The second-order valence-corrected chi connectivity index (χ2v) is 5.76. The first-order valence-corrected chi connectivity index (χ1v) is 8.05. The van der Waals surface area contributed by atoms with E-state index < -0.39 is 5.97 Å². The van der Waals surface area contributed by atoms with Gasteiger partial charge >= 0.3 is 5.97 Å². The molecule has 2 N–H and O–H groups in total. The molecule has 2 heterocycles. The number of para-hydroxylation sites is 1. The van der Waals surface area contributed by atoms with E-state index >= 15 is 0 Å². The lowest BCUT2D eigenvalue weighted by atomic mass is 10.1. The lowest BCUT2D eigenvalue weighted by Crippen LogP contribution is -2.16. The van der Waals surface area contributed by atoms with E-state index in [9.17, 15) is 9.59 Å². The topological polar surface area (TPSA) is 92.8 Å². The first-order chi connectivity index (χ1) is 12.0. The van der Waals surface area contributed by atoms with Gasteiger partial charge in [-0.1, -0.05) is 18.2 Å². The van der Waals surface area contributed by atoms with Gasteiger partial charge in [0.2, 0.25) is 5.90 Å². The van der Waals surface area contributed by atoms with Crippen molar-refractivity contribution in [3.8, 4) is 0 Å². The van der Waals surface area contributed by atoms with Gasteiger partial charge in [-0.15, -0.1) is 5.10 Å². The summed E-state index contributed by atoms with van der Waals surface area (Å²) in [6, 6.07) is 7.39. The molecular formula is C18H19N3O4. The van der Waals surface area contributed by atoms with Crippen molar-refractivity contribution in [3.05, 3.63) is 41.1 Å². The fourth-order valence-corrected chi connectivity index (χ4v) is 2.60. The minimum absolute atomic E-state index is 0.137. The number of esters is 1. The molecule has 0 fully saturated rings. The molecule has 7 heteroatoms. The molecule has 0 saturated carbocycles. The Bertz CT molecular complexity index is 893. The molecule has 0 aliphatic carbocycles. The molecule has 0 unspecified atom stereocenters. The lowest BCUT2D eigenvalue weighted by Gasteiger charge is -2.08. The van der Waals surface area contributed by atoms with Crippen LogP contribution in [0, 0.1) is 0 Å². The molecule has 3 rings (SSSR count). The minimum Gasteiger partial charge on any atom is -0.473 e. The summed E-state index contributed by atoms with van der Waals surface area (Å²) < 4.78 is 10.7. The second kappa shape index (κ2) is 6.80. The van der Waals surface area contributed by atoms with E-state index in [0.29, 0.717) is 11.3 Å². The van der Waals surface area contributed by atoms with Crippen molar-refractivity contribution in [2.24, 2.45) is 5.10 Å². The fourth-order valence-electron chi connectivity index (χ4n) is 2.60. The number of amides is 1. The third-order valence-electron chi connectivity index (χ3n) is 3.58. The average molecular weight is 341 g/mol. The van der Waals surface area contributed by atoms with Crippen LogP contribution in [0.3, 0.4) is 0 Å². The van der Waals surface area contributed by atoms with Gasteiger partial charge < -0.3 is 14.5 Å². The predicted molar refractivity (Wildman–Crippen MR) is 94.0 cm³/mol. The van der Waals surface area contributed by atoms with Gasteiger partial charge in [0.1, 0.15) is 5.57 Å². The van der Waals surface area contributed by atoms with Gasteiger partial charge in [0, 0.05) is 10.9 Å². The molecule has 1 aromatic carbocycles. The molecule has 1 amide bonds. The van der Waals surface area contributed by atoms with E-state index in [-0.39, 0.29) is 30.1 Å². The molecule has 25 heavy (non-hydrogen) atoms. The van der Waals surface area contributed by atoms with Gasteiger partial charge in [-0.2, -0.15) is 0 Å². The number of aromatic nitrogens is 1. The maximum absolute atomic E-state index is 12.4. The number of carbonyl (C=O) groups is 2. The Morgan fingerprint density at radius 2 is 2.08 bits per heavy atom. The van der Waals surface area contributed by atoms with Gasteiger partial charge in [0.15, 0.2) is 0 Å². The number of ether oxygens (including phenoxy) is 2. The minimum atomic E-state index is -0.450. The van der Waals surface area contributed by atoms with Crippen LogP contribution in [-0.4, -0.2) is 35.5 Å². The van der Waals surface area contributed by atoms with E-state index in [4.69, 9.17) is 9.47 Å². The first kappa shape index (κ1) is 16.8. The van der Waals surface area contributed by atoms with Crippen molar-refractivity contribution in [2.45, 2.75) is 26.9 Å². The highest BCUT2D eigenvalue weighted by Crippen LogP contribution is 2.26. The van der Waals surface area contributed by atoms with Gasteiger partial charge in [-0.3, -0.25) is 4.79 Å². The Morgan fingerprint density at radius 1 is 1.32 bits per heavy atom. The molecule has 1 aliphatic rings. The summed E-state index contributed by atoms with van der Waals surface area (Å²) in [5.41, 5.74) is 4.27. The number of nitrogens with zero attached hydrogens (tertiary/aromatic N) is 1. The number of benzene rings is 1. The number of rotatable bonds is 4. The van der Waals surface area contributed by atoms with Crippen LogP contribution in [0.15, 0.2) is 34.9 Å². The summed E-state index contributed by atoms with van der Waals surface area (Å²) in [7, 11) is 0. The van der Waals surface area contributed by atoms with Gasteiger partial charge in [0.25, 0.3) is 5.91 Å². The molecule has 0 atom stereocenters. The highest BCUT2D eigenvalue weighted by Gasteiger charge is 2.27. The Hall–Kier alpha value is -3.09. The summed E-state index contributed by atoms with van der Waals surface area (Å²) in [6.45, 7) is 5.69. The van der Waals surface area contributed by atoms with E-state index in [1.807, 2.05) is 38.1 Å². The lowest BCUT2D eigenvalue weighted by molar-refractivity contribution is -0.116. The van der Waals surface area contributed by atoms with Crippen LogP contribution in [-0.2, 0) is 14.3 Å². The SMILES string of the molecule is CCOC(=O)c1c(/C=C2\C(=O)NN=C2OC(C)C)[nH]c2ccccc12. The zero-order valence-corrected chi connectivity index (χ0v) is 14.3. The molecule has 0 saturated heterocycles. The Balaban J connectivity index is 2.11. The summed E-state index contributed by atoms with van der Waals surface area (Å²) in [6.07, 6.45) is 1.43. The van der Waals surface area contributed by atoms with Crippen LogP contribution in [0.2, 0.25) is 0 Å². The molecule has 0 bridgehead atoms. The van der Waals surface area contributed by atoms with Gasteiger partial charge in [-0.05, 0) is 32.9 Å². The third kappa shape index (κ3) is 3.26. The van der Waals surface area contributed by atoms with Crippen molar-refractivity contribution in [1.82, 2.24) is 10.4 Å². The van der Waals surface area contributed by atoms with Crippen molar-refractivity contribution in [3.63, 3.8) is 0 Å². The highest BCUT2D eigenvalue weighted by molar-refractivity contribution is 6.25. The summed E-state index contributed by atoms with van der Waals surface area (Å²) in [5, 5.41) is 4.63. The summed E-state index contributed by atoms with van der Waals surface area (Å²) >= 11 is 0. The second-order valence-electron chi connectivity index (χ2n) is 5.76. The van der Waals surface area contributed by atoms with Crippen molar-refractivity contribution >= 4 is 34.8 Å². The average Bonchev–Trinajstić information content (AvgIpc) is 3.09. The number of hydrazone groups is 1. The summed E-state index contributed by atoms with van der Waals surface area (Å²) in [4.78, 5) is 27.7. The smallest absolute Gasteiger partial charge is 0.340 e. The number of carbonyl (C=O) groups excluding carboxylic acids is 2. The molecule has 2 aromatic rings. The van der Waals surface area contributed by atoms with Gasteiger partial charge in [0.05, 0.1) is 24.0 Å². The van der Waals surface area contributed by atoms with Crippen molar-refractivity contribution in [1.29, 1.82) is 0 Å². The maximum Gasteiger partial charge on any atom is 0.340 e. The normalized spacial score (nSPS) is 15.6. The van der Waals surface area contributed by atoms with Crippen LogP contribution in [0.5, 0.6) is 0 Å². The quantitative estimate of drug-likeness (QED) is 0.660.